The molecule has 4 aromatic heterocycles. The summed E-state index contributed by atoms with van der Waals surface area (Å²) in [7, 11) is 0. The van der Waals surface area contributed by atoms with Gasteiger partial charge in [-0.1, -0.05) is 172 Å². The van der Waals surface area contributed by atoms with Crippen LogP contribution in [0, 0.1) is 18.5 Å². The van der Waals surface area contributed by atoms with Crippen LogP contribution in [0.15, 0.2) is 229 Å². The second-order valence-electron chi connectivity index (χ2n) is 20.4. The van der Waals surface area contributed by atoms with E-state index in [4.69, 9.17) is 18.3 Å². The predicted molar refractivity (Wildman–Crippen MR) is 307 cm³/mol. The molecule has 1 aliphatic heterocycles. The zero-order chi connectivity index (χ0) is 55.0. The second kappa shape index (κ2) is 18.0. The number of rotatable bonds is 6. The summed E-state index contributed by atoms with van der Waals surface area (Å²) in [5.41, 5.74) is 15.2. The normalized spacial score (nSPS) is 12.9. The molecule has 0 unspecified atom stereocenters. The number of fused-ring (bicyclic) bond motifs is 13. The van der Waals surface area contributed by atoms with Crippen LogP contribution in [-0.2, 0) is 26.5 Å². The van der Waals surface area contributed by atoms with Crippen LogP contribution in [0.5, 0.6) is 11.5 Å². The minimum Gasteiger partial charge on any atom is -0.510 e. The Hall–Kier alpha value is -9.09. The van der Waals surface area contributed by atoms with E-state index in [1.807, 2.05) is 106 Å². The van der Waals surface area contributed by atoms with E-state index in [0.29, 0.717) is 28.4 Å². The van der Waals surface area contributed by atoms with Crippen molar-refractivity contribution in [3.63, 3.8) is 0 Å². The van der Waals surface area contributed by atoms with Crippen LogP contribution in [0.2, 0.25) is 0 Å². The molecule has 0 saturated carbocycles. The zero-order valence-corrected chi connectivity index (χ0v) is 44.2. The summed E-state index contributed by atoms with van der Waals surface area (Å²) in [6, 6.07) is 68.9. The summed E-state index contributed by atoms with van der Waals surface area (Å²) >= 11 is 0. The number of aromatic nitrogens is 4. The molecule has 77 heavy (non-hydrogen) atoms. The molecule has 0 fully saturated rings. The van der Waals surface area contributed by atoms with Crippen molar-refractivity contribution >= 4 is 54.8 Å². The first-order valence-corrected chi connectivity index (χ1v) is 25.4. The molecule has 0 amide bonds. The van der Waals surface area contributed by atoms with Gasteiger partial charge in [-0.3, -0.25) is 4.57 Å². The number of pyridine rings is 1. The molecule has 0 atom stereocenters. The minimum absolute atomic E-state index is 0. The van der Waals surface area contributed by atoms with Crippen LogP contribution >= 0.6 is 0 Å². The second-order valence-corrected chi connectivity index (χ2v) is 20.4. The van der Waals surface area contributed by atoms with Crippen molar-refractivity contribution in [3.05, 3.63) is 248 Å². The Labute approximate surface area is 467 Å². The minimum atomic E-state index is -0.460. The Morgan fingerprint density at radius 2 is 1.21 bits per heavy atom. The molecule has 15 rings (SSSR count). The number of benzene rings is 10. The summed E-state index contributed by atoms with van der Waals surface area (Å²) in [4.78, 5) is 4.88. The fourth-order valence-corrected chi connectivity index (χ4v) is 11.3. The fraction of sp³-hybridized carbons (Fsp3) is 0.0571. The Kier molecular flexibility index (Phi) is 9.65. The molecular formula is C70H46N4O2Pt-2. The van der Waals surface area contributed by atoms with Gasteiger partial charge in [-0.05, 0) is 120 Å². The quantitative estimate of drug-likeness (QED) is 0.123. The van der Waals surface area contributed by atoms with Crippen LogP contribution in [0.25, 0.3) is 128 Å². The Morgan fingerprint density at radius 1 is 0.532 bits per heavy atom. The molecule has 0 N–H and O–H groups in total. The van der Waals surface area contributed by atoms with Gasteiger partial charge < -0.3 is 18.3 Å². The van der Waals surface area contributed by atoms with Gasteiger partial charge in [0.1, 0.15) is 17.0 Å². The van der Waals surface area contributed by atoms with Crippen molar-refractivity contribution in [2.45, 2.75) is 26.2 Å². The van der Waals surface area contributed by atoms with E-state index >= 15 is 0 Å². The van der Waals surface area contributed by atoms with E-state index in [-0.39, 0.29) is 44.1 Å². The number of para-hydroxylation sites is 3. The van der Waals surface area contributed by atoms with Crippen LogP contribution in [0.1, 0.15) is 33.2 Å². The predicted octanol–water partition coefficient (Wildman–Crippen LogP) is 17.4. The molecule has 0 bridgehead atoms. The zero-order valence-electron chi connectivity index (χ0n) is 46.9. The van der Waals surface area contributed by atoms with Gasteiger partial charge in [-0.2, -0.15) is 18.2 Å². The first-order valence-electron chi connectivity index (χ1n) is 27.9. The molecule has 7 heteroatoms. The van der Waals surface area contributed by atoms with Gasteiger partial charge in [0, 0.05) is 55.1 Å². The van der Waals surface area contributed by atoms with Gasteiger partial charge in [0.15, 0.2) is 0 Å². The SMILES string of the molecule is [2H]c1c([2H])c([2H])c(-c2cccc3c2-[n+]2[c-]n(-c4[c-]c(Oc5[c-]c6c(cc5)c5ccccc5n6-c5cc(C(C)(C)C)ccn5)ccc4)c4cc(-c5ccc6oc7ccccc7c6c5)cc(c42)-c2ccccc2-c2ccccc2-3)c([2H])c1[2H].[Pt]. The summed E-state index contributed by atoms with van der Waals surface area (Å²) < 4.78 is 64.4. The average Bonchev–Trinajstić information content (AvgIpc) is 2.11. The van der Waals surface area contributed by atoms with Crippen LogP contribution in [0.4, 0.5) is 0 Å². The van der Waals surface area contributed by atoms with Crippen LogP contribution in [0.3, 0.4) is 0 Å². The number of imidazole rings is 1. The molecule has 6 nitrogen and oxygen atoms in total. The van der Waals surface area contributed by atoms with Crippen molar-refractivity contribution < 1.29 is 41.6 Å². The van der Waals surface area contributed by atoms with E-state index in [2.05, 4.69) is 141 Å². The number of hydrogen-bond donors (Lipinski definition) is 0. The van der Waals surface area contributed by atoms with Gasteiger partial charge in [0.25, 0.3) is 6.33 Å². The molecule has 14 aromatic rings. The van der Waals surface area contributed by atoms with Crippen molar-refractivity contribution in [2.24, 2.45) is 0 Å². The maximum absolute atomic E-state index is 9.38. The smallest absolute Gasteiger partial charge is 0.268 e. The van der Waals surface area contributed by atoms with Gasteiger partial charge in [-0.15, -0.1) is 29.7 Å². The molecular weight excluding hydrogens is 1120 g/mol. The number of furan rings is 1. The van der Waals surface area contributed by atoms with E-state index < -0.39 is 18.1 Å². The molecule has 1 aliphatic rings. The van der Waals surface area contributed by atoms with Gasteiger partial charge in [0.2, 0.25) is 0 Å². The molecule has 0 spiro atoms. The van der Waals surface area contributed by atoms with Gasteiger partial charge in [-0.25, -0.2) is 4.98 Å². The van der Waals surface area contributed by atoms with E-state index in [9.17, 15) is 2.74 Å². The van der Waals surface area contributed by atoms with Crippen molar-refractivity contribution in [2.75, 3.05) is 0 Å². The molecule has 5 heterocycles. The first-order chi connectivity index (χ1) is 39.4. The Bertz CT molecular complexity index is 4970. The molecule has 0 radical (unpaired) electrons. The molecule has 0 saturated heterocycles. The summed E-state index contributed by atoms with van der Waals surface area (Å²) in [6.45, 7) is 6.60. The topological polar surface area (TPSA) is 49.0 Å². The van der Waals surface area contributed by atoms with Gasteiger partial charge in [0.05, 0.1) is 23.6 Å². The summed E-state index contributed by atoms with van der Waals surface area (Å²) in [5.74, 6) is 1.72. The molecule has 10 aromatic carbocycles. The fourth-order valence-electron chi connectivity index (χ4n) is 11.3. The number of ether oxygens (including phenoxy) is 1. The van der Waals surface area contributed by atoms with Gasteiger partial charge >= 0.3 is 0 Å². The van der Waals surface area contributed by atoms with E-state index in [1.165, 1.54) is 5.56 Å². The largest absolute Gasteiger partial charge is 0.510 e. The standard InChI is InChI=1S/C70H46N4O2.Pt/c1-70(2,3)47-35-36-71-67(40-47)74-62-29-13-11-25-56(62)57-33-32-50(42-63(57)74)75-49-20-15-19-48(41-49)72-43-73-68-51(44-17-5-4-6-18-44)27-16-28-59(68)54-23-9-7-21-52(54)53-22-8-10-24-55(53)61-38-46(39-64(72)69(61)73)45-31-34-66-60(37-45)58-26-12-14-30-65(58)76-66;/h4-40H,1-3H3;/q-2;/i4D,5D,6D,17D,18D;. The third-order valence-corrected chi connectivity index (χ3v) is 14.8. The molecule has 370 valence electrons. The van der Waals surface area contributed by atoms with Crippen LogP contribution < -0.4 is 9.30 Å². The molecule has 0 aliphatic carbocycles. The Morgan fingerprint density at radius 3 is 2.01 bits per heavy atom. The average molecular weight is 1180 g/mol. The number of nitrogens with zero attached hydrogens (tertiary/aromatic N) is 4. The van der Waals surface area contributed by atoms with E-state index in [1.54, 1.807) is 0 Å². The summed E-state index contributed by atoms with van der Waals surface area (Å²) in [5, 5.41) is 4.11. The first kappa shape index (κ1) is 41.2. The van der Waals surface area contributed by atoms with Crippen molar-refractivity contribution in [1.29, 1.82) is 0 Å². The number of hydrogen-bond acceptors (Lipinski definition) is 3. The third-order valence-electron chi connectivity index (χ3n) is 14.8. The maximum atomic E-state index is 9.38. The van der Waals surface area contributed by atoms with Crippen molar-refractivity contribution in [1.82, 2.24) is 14.1 Å². The third kappa shape index (κ3) is 7.57. The monoisotopic (exact) mass is 1170 g/mol. The van der Waals surface area contributed by atoms with Crippen molar-refractivity contribution in [3.8, 4) is 84.3 Å². The Balaban J connectivity index is 0.00000602. The summed E-state index contributed by atoms with van der Waals surface area (Å²) in [6.07, 6.45) is 5.68. The van der Waals surface area contributed by atoms with E-state index in [0.717, 1.165) is 105 Å². The maximum Gasteiger partial charge on any atom is 0.268 e. The van der Waals surface area contributed by atoms with Crippen LogP contribution in [-0.4, -0.2) is 14.1 Å².